The summed E-state index contributed by atoms with van der Waals surface area (Å²) in [6.45, 7) is 9.14. The normalized spacial score (nSPS) is 12.4. The summed E-state index contributed by atoms with van der Waals surface area (Å²) in [4.78, 5) is 12.0. The molecule has 5 nitrogen and oxygen atoms in total. The molecule has 0 aliphatic carbocycles. The largest absolute Gasteiger partial charge is 0.465 e. The Morgan fingerprint density at radius 1 is 1.28 bits per heavy atom. The van der Waals surface area contributed by atoms with E-state index in [1.807, 2.05) is 18.4 Å². The molecule has 0 radical (unpaired) electrons. The number of nitrogens with zero attached hydrogens (tertiary/aromatic N) is 3. The monoisotopic (exact) mass is 253 g/mol. The molecule has 1 atom stereocenters. The molecule has 0 aliphatic heterocycles. The highest BCUT2D eigenvalue weighted by atomic mass is 16.5. The predicted octanol–water partition coefficient (Wildman–Crippen LogP) is 2.44. The molecule has 0 saturated heterocycles. The van der Waals surface area contributed by atoms with Gasteiger partial charge < -0.3 is 9.30 Å². The quantitative estimate of drug-likeness (QED) is 0.700. The summed E-state index contributed by atoms with van der Waals surface area (Å²) in [7, 11) is 0. The maximum atomic E-state index is 12.0. The molecule has 0 saturated carbocycles. The minimum Gasteiger partial charge on any atom is -0.465 e. The lowest BCUT2D eigenvalue weighted by Crippen LogP contribution is -2.20. The highest BCUT2D eigenvalue weighted by Gasteiger charge is 2.27. The van der Waals surface area contributed by atoms with Gasteiger partial charge in [0.15, 0.2) is 0 Å². The molecule has 1 aromatic heterocycles. The van der Waals surface area contributed by atoms with Crippen LogP contribution in [-0.2, 0) is 16.1 Å². The summed E-state index contributed by atoms with van der Waals surface area (Å²) in [5.74, 6) is 1.12. The molecule has 0 aromatic carbocycles. The minimum absolute atomic E-state index is 0.191. The van der Waals surface area contributed by atoms with Gasteiger partial charge >= 0.3 is 5.97 Å². The van der Waals surface area contributed by atoms with Gasteiger partial charge in [0, 0.05) is 6.54 Å². The van der Waals surface area contributed by atoms with Crippen molar-refractivity contribution in [3.63, 3.8) is 0 Å². The lowest BCUT2D eigenvalue weighted by atomic mass is 10.0. The first kappa shape index (κ1) is 14.7. The summed E-state index contributed by atoms with van der Waals surface area (Å²) in [6, 6.07) is 0. The van der Waals surface area contributed by atoms with Crippen molar-refractivity contribution >= 4 is 5.97 Å². The molecule has 0 fully saturated rings. The van der Waals surface area contributed by atoms with Crippen molar-refractivity contribution in [3.8, 4) is 0 Å². The van der Waals surface area contributed by atoms with Crippen LogP contribution in [0.5, 0.6) is 0 Å². The fourth-order valence-corrected chi connectivity index (χ4v) is 2.04. The topological polar surface area (TPSA) is 57.0 Å². The molecule has 1 unspecified atom stereocenters. The standard InChI is InChI=1S/C13H23N3O2/c1-5-8-11(13(17)18-7-3)12-15-14-10(4)16(12)9-6-2/h11H,5-9H2,1-4H3. The maximum absolute atomic E-state index is 12.0. The van der Waals surface area contributed by atoms with E-state index in [9.17, 15) is 4.79 Å². The first-order valence-corrected chi connectivity index (χ1v) is 6.71. The highest BCUT2D eigenvalue weighted by molar-refractivity contribution is 5.77. The molecule has 0 aliphatic rings. The van der Waals surface area contributed by atoms with Crippen LogP contribution in [0.3, 0.4) is 0 Å². The summed E-state index contributed by atoms with van der Waals surface area (Å²) in [5, 5.41) is 8.25. The number of ether oxygens (including phenoxy) is 1. The molecule has 0 spiro atoms. The Morgan fingerprint density at radius 3 is 2.56 bits per heavy atom. The van der Waals surface area contributed by atoms with Gasteiger partial charge in [-0.05, 0) is 26.7 Å². The van der Waals surface area contributed by atoms with E-state index < -0.39 is 0 Å². The zero-order chi connectivity index (χ0) is 13.5. The molecular weight excluding hydrogens is 230 g/mol. The van der Waals surface area contributed by atoms with Crippen LogP contribution in [-0.4, -0.2) is 27.3 Å². The molecule has 0 amide bonds. The summed E-state index contributed by atoms with van der Waals surface area (Å²) in [5.41, 5.74) is 0. The second-order valence-electron chi connectivity index (χ2n) is 4.35. The zero-order valence-corrected chi connectivity index (χ0v) is 11.8. The van der Waals surface area contributed by atoms with E-state index in [1.165, 1.54) is 0 Å². The third-order valence-electron chi connectivity index (χ3n) is 2.87. The van der Waals surface area contributed by atoms with Gasteiger partial charge in [-0.15, -0.1) is 10.2 Å². The molecule has 18 heavy (non-hydrogen) atoms. The first-order chi connectivity index (χ1) is 8.65. The second-order valence-corrected chi connectivity index (χ2v) is 4.35. The van der Waals surface area contributed by atoms with Gasteiger partial charge in [-0.3, -0.25) is 4.79 Å². The SMILES string of the molecule is CCCC(C(=O)OCC)c1nnc(C)n1CCC. The minimum atomic E-state index is -0.289. The molecule has 1 aromatic rings. The number of hydrogen-bond acceptors (Lipinski definition) is 4. The van der Waals surface area contributed by atoms with Gasteiger partial charge in [0.1, 0.15) is 17.6 Å². The van der Waals surface area contributed by atoms with Gasteiger partial charge in [-0.1, -0.05) is 20.3 Å². The molecular formula is C13H23N3O2. The van der Waals surface area contributed by atoms with Crippen molar-refractivity contribution in [1.82, 2.24) is 14.8 Å². The lowest BCUT2D eigenvalue weighted by Gasteiger charge is -2.15. The third kappa shape index (κ3) is 3.31. The van der Waals surface area contributed by atoms with E-state index in [0.29, 0.717) is 6.61 Å². The van der Waals surface area contributed by atoms with Gasteiger partial charge in [-0.2, -0.15) is 0 Å². The van der Waals surface area contributed by atoms with Crippen molar-refractivity contribution in [2.45, 2.75) is 59.4 Å². The first-order valence-electron chi connectivity index (χ1n) is 6.71. The number of esters is 1. The molecule has 5 heteroatoms. The summed E-state index contributed by atoms with van der Waals surface area (Å²) in [6.07, 6.45) is 2.66. The molecule has 1 rings (SSSR count). The van der Waals surface area contributed by atoms with Crippen LogP contribution in [0.1, 0.15) is 57.6 Å². The number of rotatable bonds is 7. The van der Waals surface area contributed by atoms with Crippen LogP contribution in [0.15, 0.2) is 0 Å². The Hall–Kier alpha value is -1.39. The van der Waals surface area contributed by atoms with E-state index in [1.54, 1.807) is 0 Å². The van der Waals surface area contributed by atoms with Crippen LogP contribution < -0.4 is 0 Å². The Kier molecular flexibility index (Phi) is 5.82. The van der Waals surface area contributed by atoms with Crippen LogP contribution in [0.4, 0.5) is 0 Å². The van der Waals surface area contributed by atoms with E-state index in [4.69, 9.17) is 4.74 Å². The van der Waals surface area contributed by atoms with Crippen molar-refractivity contribution in [2.75, 3.05) is 6.61 Å². The summed E-state index contributed by atoms with van der Waals surface area (Å²) >= 11 is 0. The molecule has 1 heterocycles. The van der Waals surface area contributed by atoms with Gasteiger partial charge in [0.05, 0.1) is 6.61 Å². The lowest BCUT2D eigenvalue weighted by molar-refractivity contribution is -0.145. The Bertz CT molecular complexity index is 388. The molecule has 0 bridgehead atoms. The molecule has 102 valence electrons. The van der Waals surface area contributed by atoms with Crippen molar-refractivity contribution in [2.24, 2.45) is 0 Å². The van der Waals surface area contributed by atoms with E-state index in [0.717, 1.165) is 37.5 Å². The number of carbonyl (C=O) groups excluding carboxylic acids is 1. The van der Waals surface area contributed by atoms with E-state index >= 15 is 0 Å². The second kappa shape index (κ2) is 7.13. The fourth-order valence-electron chi connectivity index (χ4n) is 2.04. The van der Waals surface area contributed by atoms with E-state index in [2.05, 4.69) is 24.0 Å². The van der Waals surface area contributed by atoms with Crippen LogP contribution in [0.25, 0.3) is 0 Å². The van der Waals surface area contributed by atoms with Crippen LogP contribution in [0, 0.1) is 6.92 Å². The number of carbonyl (C=O) groups is 1. The van der Waals surface area contributed by atoms with Crippen molar-refractivity contribution < 1.29 is 9.53 Å². The number of hydrogen-bond donors (Lipinski definition) is 0. The number of aromatic nitrogens is 3. The Labute approximate surface area is 109 Å². The van der Waals surface area contributed by atoms with Crippen molar-refractivity contribution in [1.29, 1.82) is 0 Å². The van der Waals surface area contributed by atoms with Crippen LogP contribution in [0.2, 0.25) is 0 Å². The Balaban J connectivity index is 3.01. The molecule has 0 N–H and O–H groups in total. The maximum Gasteiger partial charge on any atom is 0.316 e. The highest BCUT2D eigenvalue weighted by Crippen LogP contribution is 2.22. The van der Waals surface area contributed by atoms with Crippen molar-refractivity contribution in [3.05, 3.63) is 11.6 Å². The summed E-state index contributed by atoms with van der Waals surface area (Å²) < 4.78 is 7.16. The van der Waals surface area contributed by atoms with Gasteiger partial charge in [0.25, 0.3) is 0 Å². The average Bonchev–Trinajstić information content (AvgIpc) is 2.69. The number of aryl methyl sites for hydroxylation is 1. The van der Waals surface area contributed by atoms with E-state index in [-0.39, 0.29) is 11.9 Å². The van der Waals surface area contributed by atoms with Crippen LogP contribution >= 0.6 is 0 Å². The zero-order valence-electron chi connectivity index (χ0n) is 11.8. The van der Waals surface area contributed by atoms with Gasteiger partial charge in [0.2, 0.25) is 0 Å². The predicted molar refractivity (Wildman–Crippen MR) is 69.3 cm³/mol. The fraction of sp³-hybridized carbons (Fsp3) is 0.769. The Morgan fingerprint density at radius 2 is 2.00 bits per heavy atom. The van der Waals surface area contributed by atoms with Gasteiger partial charge in [-0.25, -0.2) is 0 Å². The third-order valence-corrected chi connectivity index (χ3v) is 2.87. The smallest absolute Gasteiger partial charge is 0.316 e. The average molecular weight is 253 g/mol.